The quantitative estimate of drug-likeness (QED) is 0.801. The van der Waals surface area contributed by atoms with E-state index in [1.807, 2.05) is 31.2 Å². The van der Waals surface area contributed by atoms with Crippen LogP contribution in [-0.4, -0.2) is 21.4 Å². The lowest BCUT2D eigenvalue weighted by Crippen LogP contribution is -2.05. The van der Waals surface area contributed by atoms with Gasteiger partial charge in [-0.2, -0.15) is 5.10 Å². The largest absolute Gasteiger partial charge is 0.393 e. The van der Waals surface area contributed by atoms with Gasteiger partial charge in [0, 0.05) is 11.6 Å². The van der Waals surface area contributed by atoms with Crippen molar-refractivity contribution in [1.29, 1.82) is 0 Å². The molecule has 0 radical (unpaired) electrons. The van der Waals surface area contributed by atoms with Crippen LogP contribution in [0.3, 0.4) is 0 Å². The van der Waals surface area contributed by atoms with Gasteiger partial charge in [0.1, 0.15) is 0 Å². The minimum Gasteiger partial charge on any atom is -0.393 e. The maximum Gasteiger partial charge on any atom is 0.264 e. The Morgan fingerprint density at radius 3 is 2.62 bits per heavy atom. The predicted octanol–water partition coefficient (Wildman–Crippen LogP) is 3.00. The highest BCUT2D eigenvalue weighted by Crippen LogP contribution is 2.16. The van der Waals surface area contributed by atoms with Gasteiger partial charge in [-0.05, 0) is 37.8 Å². The highest BCUT2D eigenvalue weighted by molar-refractivity contribution is 5.61. The van der Waals surface area contributed by atoms with Gasteiger partial charge in [-0.1, -0.05) is 36.4 Å². The summed E-state index contributed by atoms with van der Waals surface area (Å²) in [6.45, 7) is 1.81. The van der Waals surface area contributed by atoms with E-state index in [9.17, 15) is 9.90 Å². The second kappa shape index (κ2) is 7.55. The Bertz CT molecular complexity index is 622. The number of hydrogen-bond donors (Lipinski definition) is 2. The highest BCUT2D eigenvalue weighted by Gasteiger charge is 1.98. The van der Waals surface area contributed by atoms with Crippen LogP contribution in [0, 0.1) is 0 Å². The van der Waals surface area contributed by atoms with Crippen molar-refractivity contribution in [1.82, 2.24) is 10.2 Å². The summed E-state index contributed by atoms with van der Waals surface area (Å²) < 4.78 is 0. The number of rotatable bonds is 6. The van der Waals surface area contributed by atoms with Crippen molar-refractivity contribution in [3.8, 4) is 11.3 Å². The van der Waals surface area contributed by atoms with Crippen LogP contribution >= 0.6 is 0 Å². The molecule has 4 nitrogen and oxygen atoms in total. The minimum absolute atomic E-state index is 0.199. The first kappa shape index (κ1) is 15.2. The fraction of sp³-hybridized carbons (Fsp3) is 0.294. The van der Waals surface area contributed by atoms with E-state index in [1.165, 1.54) is 6.07 Å². The number of benzene rings is 1. The van der Waals surface area contributed by atoms with Gasteiger partial charge in [0.25, 0.3) is 5.56 Å². The predicted molar refractivity (Wildman–Crippen MR) is 84.9 cm³/mol. The minimum atomic E-state index is -0.220. The van der Waals surface area contributed by atoms with E-state index in [0.717, 1.165) is 36.1 Å². The second-order valence-electron chi connectivity index (χ2n) is 5.11. The lowest BCUT2D eigenvalue weighted by atomic mass is 10.1. The van der Waals surface area contributed by atoms with Crippen LogP contribution in [0.25, 0.3) is 17.3 Å². The first-order valence-corrected chi connectivity index (χ1v) is 7.16. The molecule has 4 heteroatoms. The van der Waals surface area contributed by atoms with E-state index < -0.39 is 0 Å². The monoisotopic (exact) mass is 284 g/mol. The van der Waals surface area contributed by atoms with Gasteiger partial charge in [0.2, 0.25) is 0 Å². The maximum atomic E-state index is 11.0. The first-order valence-electron chi connectivity index (χ1n) is 7.16. The van der Waals surface area contributed by atoms with E-state index in [1.54, 1.807) is 6.07 Å². The van der Waals surface area contributed by atoms with Gasteiger partial charge in [0.05, 0.1) is 11.8 Å². The molecule has 0 aliphatic heterocycles. The number of aliphatic hydroxyl groups is 1. The lowest BCUT2D eigenvalue weighted by Gasteiger charge is -2.01. The van der Waals surface area contributed by atoms with E-state index in [2.05, 4.69) is 22.3 Å². The Balaban J connectivity index is 1.94. The molecule has 0 spiro atoms. The van der Waals surface area contributed by atoms with E-state index >= 15 is 0 Å². The third kappa shape index (κ3) is 5.00. The number of aliphatic hydroxyl groups excluding tert-OH is 1. The molecule has 110 valence electrons. The van der Waals surface area contributed by atoms with Crippen molar-refractivity contribution >= 4 is 6.08 Å². The molecular weight excluding hydrogens is 264 g/mol. The van der Waals surface area contributed by atoms with Crippen LogP contribution in [0.2, 0.25) is 0 Å². The summed E-state index contributed by atoms with van der Waals surface area (Å²) >= 11 is 0. The molecule has 2 aromatic rings. The molecule has 1 unspecified atom stereocenters. The molecule has 21 heavy (non-hydrogen) atoms. The van der Waals surface area contributed by atoms with E-state index in [4.69, 9.17) is 0 Å². The molecule has 1 aromatic carbocycles. The molecular formula is C17H20N2O2. The molecule has 0 fully saturated rings. The number of unbranched alkanes of at least 4 members (excludes halogenated alkanes) is 1. The Morgan fingerprint density at radius 1 is 1.24 bits per heavy atom. The molecule has 0 bridgehead atoms. The second-order valence-corrected chi connectivity index (χ2v) is 5.11. The summed E-state index contributed by atoms with van der Waals surface area (Å²) in [4.78, 5) is 11.0. The molecule has 1 aromatic heterocycles. The number of aromatic nitrogens is 2. The van der Waals surface area contributed by atoms with Crippen molar-refractivity contribution in [2.45, 2.75) is 32.3 Å². The van der Waals surface area contributed by atoms with Gasteiger partial charge in [-0.3, -0.25) is 4.79 Å². The molecule has 0 saturated carbocycles. The number of nitrogens with zero attached hydrogens (tertiary/aromatic N) is 1. The van der Waals surface area contributed by atoms with Gasteiger partial charge < -0.3 is 5.11 Å². The molecule has 0 aliphatic carbocycles. The van der Waals surface area contributed by atoms with E-state index in [-0.39, 0.29) is 11.7 Å². The third-order valence-corrected chi connectivity index (χ3v) is 3.19. The molecule has 0 amide bonds. The van der Waals surface area contributed by atoms with Crippen molar-refractivity contribution in [3.05, 3.63) is 58.4 Å². The number of H-pyrrole nitrogens is 1. The van der Waals surface area contributed by atoms with Crippen LogP contribution in [-0.2, 0) is 0 Å². The Morgan fingerprint density at radius 2 is 2.00 bits per heavy atom. The summed E-state index contributed by atoms with van der Waals surface area (Å²) in [5.74, 6) is 0. The topological polar surface area (TPSA) is 66.0 Å². The average molecular weight is 284 g/mol. The summed E-state index contributed by atoms with van der Waals surface area (Å²) in [5.41, 5.74) is 2.65. The summed E-state index contributed by atoms with van der Waals surface area (Å²) in [7, 11) is 0. The van der Waals surface area contributed by atoms with Crippen molar-refractivity contribution < 1.29 is 5.11 Å². The molecule has 1 heterocycles. The van der Waals surface area contributed by atoms with Crippen molar-refractivity contribution in [2.24, 2.45) is 0 Å². The van der Waals surface area contributed by atoms with Crippen LogP contribution in [0.5, 0.6) is 0 Å². The van der Waals surface area contributed by atoms with Gasteiger partial charge in [-0.15, -0.1) is 0 Å². The molecule has 0 saturated heterocycles. The summed E-state index contributed by atoms with van der Waals surface area (Å²) in [6.07, 6.45) is 6.77. The van der Waals surface area contributed by atoms with Gasteiger partial charge in [0.15, 0.2) is 0 Å². The molecule has 1 atom stereocenters. The fourth-order valence-electron chi connectivity index (χ4n) is 2.02. The van der Waals surface area contributed by atoms with Crippen molar-refractivity contribution in [3.63, 3.8) is 0 Å². The third-order valence-electron chi connectivity index (χ3n) is 3.19. The van der Waals surface area contributed by atoms with Crippen LogP contribution < -0.4 is 5.56 Å². The first-order chi connectivity index (χ1) is 10.1. The molecule has 2 rings (SSSR count). The Labute approximate surface area is 124 Å². The zero-order valence-corrected chi connectivity index (χ0v) is 12.1. The normalized spacial score (nSPS) is 12.7. The Kier molecular flexibility index (Phi) is 5.46. The van der Waals surface area contributed by atoms with Crippen molar-refractivity contribution in [2.75, 3.05) is 0 Å². The van der Waals surface area contributed by atoms with Gasteiger partial charge in [-0.25, -0.2) is 5.10 Å². The van der Waals surface area contributed by atoms with Crippen LogP contribution in [0.1, 0.15) is 31.7 Å². The summed E-state index contributed by atoms with van der Waals surface area (Å²) in [6, 6.07) is 11.2. The fourth-order valence-corrected chi connectivity index (χ4v) is 2.02. The van der Waals surface area contributed by atoms with Crippen LogP contribution in [0.4, 0.5) is 0 Å². The average Bonchev–Trinajstić information content (AvgIpc) is 2.48. The standard InChI is InChI=1S/C17H20N2O2/c1-13(20)5-3-2-4-6-14-7-9-15(10-8-14)16-11-12-17(21)19-18-16/h4,6-13,20H,2-3,5H2,1H3,(H,19,21)/b6-4+. The molecule has 0 aliphatic rings. The molecule has 2 N–H and O–H groups in total. The zero-order valence-electron chi connectivity index (χ0n) is 12.1. The van der Waals surface area contributed by atoms with Gasteiger partial charge >= 0.3 is 0 Å². The lowest BCUT2D eigenvalue weighted by molar-refractivity contribution is 0.182. The van der Waals surface area contributed by atoms with E-state index in [0.29, 0.717) is 0 Å². The zero-order chi connectivity index (χ0) is 15.1. The number of aromatic amines is 1. The SMILES string of the molecule is CC(O)CCC/C=C/c1ccc(-c2ccc(=O)[nH]n2)cc1. The van der Waals surface area contributed by atoms with Crippen LogP contribution in [0.15, 0.2) is 47.3 Å². The Hall–Kier alpha value is -2.20. The number of allylic oxidation sites excluding steroid dienone is 1. The number of hydrogen-bond acceptors (Lipinski definition) is 3. The summed E-state index contributed by atoms with van der Waals surface area (Å²) in [5, 5.41) is 15.6. The highest BCUT2D eigenvalue weighted by atomic mass is 16.3. The smallest absolute Gasteiger partial charge is 0.264 e. The maximum absolute atomic E-state index is 11.0. The number of nitrogens with one attached hydrogen (secondary N) is 1.